The van der Waals surface area contributed by atoms with Crippen LogP contribution in [-0.4, -0.2) is 55.2 Å². The number of likely N-dealkylation sites (N-methyl/N-ethyl adjacent to an activating group) is 1. The van der Waals surface area contributed by atoms with Crippen LogP contribution in [0.25, 0.3) is 0 Å². The molecule has 2 rings (SSSR count). The van der Waals surface area contributed by atoms with Crippen LogP contribution in [0.2, 0.25) is 0 Å². The summed E-state index contributed by atoms with van der Waals surface area (Å²) in [7, 11) is 4.35. The Balaban J connectivity index is 0.000000532. The SMILES string of the molecule is CCC(C)C(=O)NCC[N+](C)(C)CC.CCC(C)c1ccc(C(=O)O)cc1.CCC(C)c1ccccc1. The summed E-state index contributed by atoms with van der Waals surface area (Å²) in [5, 5.41) is 11.6. The van der Waals surface area contributed by atoms with E-state index in [0.717, 1.165) is 37.0 Å². The van der Waals surface area contributed by atoms with Crippen LogP contribution in [0.3, 0.4) is 0 Å². The Bertz CT molecular complexity index is 879. The second-order valence-electron chi connectivity index (χ2n) is 10.5. The number of carboxylic acid groups (broad SMARTS) is 1. The van der Waals surface area contributed by atoms with Gasteiger partial charge in [0.2, 0.25) is 5.91 Å². The molecule has 0 aliphatic heterocycles. The van der Waals surface area contributed by atoms with Crippen molar-refractivity contribution < 1.29 is 19.2 Å². The van der Waals surface area contributed by atoms with Crippen molar-refractivity contribution in [1.29, 1.82) is 0 Å². The Kier molecular flexibility index (Phi) is 17.2. The van der Waals surface area contributed by atoms with Crippen LogP contribution in [0.5, 0.6) is 0 Å². The molecule has 1 amide bonds. The molecular weight excluding hydrogens is 460 g/mol. The molecule has 0 spiro atoms. The van der Waals surface area contributed by atoms with E-state index in [9.17, 15) is 9.59 Å². The normalized spacial score (nSPS) is 13.1. The van der Waals surface area contributed by atoms with E-state index in [-0.39, 0.29) is 11.8 Å². The number of benzene rings is 2. The van der Waals surface area contributed by atoms with E-state index < -0.39 is 5.97 Å². The van der Waals surface area contributed by atoms with E-state index in [1.54, 1.807) is 12.1 Å². The van der Waals surface area contributed by atoms with Gasteiger partial charge in [0.15, 0.2) is 0 Å². The number of carbonyl (C=O) groups is 2. The molecule has 0 saturated carbocycles. The third-order valence-corrected chi connectivity index (χ3v) is 7.25. The molecule has 3 atom stereocenters. The first-order valence-electron chi connectivity index (χ1n) is 13.9. The molecule has 0 radical (unpaired) electrons. The van der Waals surface area contributed by atoms with Crippen LogP contribution in [0.4, 0.5) is 0 Å². The molecule has 0 heterocycles. The number of nitrogens with one attached hydrogen (secondary N) is 1. The van der Waals surface area contributed by atoms with Gasteiger partial charge in [-0.1, -0.05) is 84.0 Å². The maximum Gasteiger partial charge on any atom is 0.335 e. The topological polar surface area (TPSA) is 66.4 Å². The number of aromatic carboxylic acids is 1. The van der Waals surface area contributed by atoms with Crippen molar-refractivity contribution in [3.63, 3.8) is 0 Å². The standard InChI is InChI=1S/C11H24N2O.C11H14O2.C10H14/c1-6-10(3)11(14)12-8-9-13(4,5)7-2;1-3-8(2)9-4-6-10(7-5-9)11(12)13;1-3-9(2)10-7-5-4-6-8-10/h10H,6-9H2,1-5H3;4-8H,3H2,1-2H3,(H,12,13);4-9H,3H2,1-2H3/p+1. The highest BCUT2D eigenvalue weighted by Gasteiger charge is 2.14. The summed E-state index contributed by atoms with van der Waals surface area (Å²) in [6, 6.07) is 17.7. The molecule has 0 bridgehead atoms. The molecule has 0 aliphatic carbocycles. The predicted molar refractivity (Wildman–Crippen MR) is 157 cm³/mol. The van der Waals surface area contributed by atoms with Crippen molar-refractivity contribution in [2.75, 3.05) is 33.7 Å². The minimum Gasteiger partial charge on any atom is -0.478 e. The fourth-order valence-electron chi connectivity index (χ4n) is 3.21. The van der Waals surface area contributed by atoms with E-state index in [2.05, 4.69) is 84.4 Å². The molecule has 2 aromatic rings. The lowest BCUT2D eigenvalue weighted by atomic mass is 9.98. The molecule has 0 saturated heterocycles. The van der Waals surface area contributed by atoms with Gasteiger partial charge < -0.3 is 14.9 Å². The average molecular weight is 514 g/mol. The first-order valence-corrected chi connectivity index (χ1v) is 13.9. The number of amides is 1. The van der Waals surface area contributed by atoms with Crippen LogP contribution in [-0.2, 0) is 4.79 Å². The van der Waals surface area contributed by atoms with Gasteiger partial charge in [0.25, 0.3) is 0 Å². The van der Waals surface area contributed by atoms with E-state index in [0.29, 0.717) is 17.4 Å². The van der Waals surface area contributed by atoms with E-state index in [4.69, 9.17) is 5.11 Å². The molecule has 5 nitrogen and oxygen atoms in total. The van der Waals surface area contributed by atoms with Gasteiger partial charge in [0.05, 0.1) is 39.3 Å². The minimum atomic E-state index is -0.865. The number of quaternary nitrogens is 1. The van der Waals surface area contributed by atoms with Crippen LogP contribution in [0.15, 0.2) is 54.6 Å². The van der Waals surface area contributed by atoms with Crippen molar-refractivity contribution in [2.24, 2.45) is 5.92 Å². The Hall–Kier alpha value is -2.66. The van der Waals surface area contributed by atoms with Gasteiger partial charge in [-0.05, 0) is 61.3 Å². The number of rotatable bonds is 11. The number of hydrogen-bond donors (Lipinski definition) is 2. The zero-order valence-electron chi connectivity index (χ0n) is 24.9. The van der Waals surface area contributed by atoms with Crippen LogP contribution < -0.4 is 5.32 Å². The minimum absolute atomic E-state index is 0.146. The average Bonchev–Trinajstić information content (AvgIpc) is 2.92. The highest BCUT2D eigenvalue weighted by molar-refractivity contribution is 5.87. The maximum absolute atomic E-state index is 11.4. The lowest BCUT2D eigenvalue weighted by molar-refractivity contribution is -0.887. The Morgan fingerprint density at radius 1 is 0.784 bits per heavy atom. The third-order valence-electron chi connectivity index (χ3n) is 7.25. The second-order valence-corrected chi connectivity index (χ2v) is 10.5. The largest absolute Gasteiger partial charge is 0.478 e. The van der Waals surface area contributed by atoms with Gasteiger partial charge in [-0.15, -0.1) is 0 Å². The molecule has 0 fully saturated rings. The Labute approximate surface area is 226 Å². The van der Waals surface area contributed by atoms with Crippen molar-refractivity contribution in [3.8, 4) is 0 Å². The van der Waals surface area contributed by atoms with Crippen LogP contribution in [0, 0.1) is 5.92 Å². The van der Waals surface area contributed by atoms with Gasteiger partial charge in [-0.2, -0.15) is 0 Å². The fourth-order valence-corrected chi connectivity index (χ4v) is 3.21. The van der Waals surface area contributed by atoms with E-state index in [1.165, 1.54) is 17.5 Å². The maximum atomic E-state index is 11.4. The zero-order valence-corrected chi connectivity index (χ0v) is 24.9. The fraction of sp³-hybridized carbons (Fsp3) is 0.562. The van der Waals surface area contributed by atoms with Crippen molar-refractivity contribution in [1.82, 2.24) is 5.32 Å². The third kappa shape index (κ3) is 14.6. The smallest absolute Gasteiger partial charge is 0.335 e. The number of nitrogens with zero attached hydrogens (tertiary/aromatic N) is 1. The number of carboxylic acids is 1. The van der Waals surface area contributed by atoms with E-state index in [1.807, 2.05) is 26.0 Å². The van der Waals surface area contributed by atoms with Crippen molar-refractivity contribution in [3.05, 3.63) is 71.3 Å². The van der Waals surface area contributed by atoms with Gasteiger partial charge in [-0.3, -0.25) is 4.79 Å². The summed E-state index contributed by atoms with van der Waals surface area (Å²) in [5.41, 5.74) is 3.00. The van der Waals surface area contributed by atoms with Gasteiger partial charge in [0, 0.05) is 5.92 Å². The lowest BCUT2D eigenvalue weighted by Gasteiger charge is -2.28. The predicted octanol–water partition coefficient (Wildman–Crippen LogP) is 7.34. The molecule has 2 aromatic carbocycles. The summed E-state index contributed by atoms with van der Waals surface area (Å²) >= 11 is 0. The molecular formula is C32H53N2O3+. The molecule has 2 N–H and O–H groups in total. The summed E-state index contributed by atoms with van der Waals surface area (Å²) in [6.07, 6.45) is 3.22. The van der Waals surface area contributed by atoms with E-state index >= 15 is 0 Å². The summed E-state index contributed by atoms with van der Waals surface area (Å²) in [6.45, 7) is 17.8. The van der Waals surface area contributed by atoms with Crippen LogP contribution >= 0.6 is 0 Å². The highest BCUT2D eigenvalue weighted by atomic mass is 16.4. The molecule has 0 aliphatic rings. The van der Waals surface area contributed by atoms with Gasteiger partial charge in [-0.25, -0.2) is 4.79 Å². The first kappa shape index (κ1) is 34.3. The molecule has 3 unspecified atom stereocenters. The molecule has 5 heteroatoms. The lowest BCUT2D eigenvalue weighted by Crippen LogP contribution is -2.45. The van der Waals surface area contributed by atoms with Crippen molar-refractivity contribution in [2.45, 2.75) is 79.6 Å². The number of hydrogen-bond acceptors (Lipinski definition) is 2. The second kappa shape index (κ2) is 18.6. The summed E-state index contributed by atoms with van der Waals surface area (Å²) < 4.78 is 0.959. The van der Waals surface area contributed by atoms with Gasteiger partial charge >= 0.3 is 5.97 Å². The van der Waals surface area contributed by atoms with Crippen molar-refractivity contribution >= 4 is 11.9 Å². The number of carbonyl (C=O) groups excluding carboxylic acids is 1. The molecule has 0 aromatic heterocycles. The highest BCUT2D eigenvalue weighted by Crippen LogP contribution is 2.19. The Morgan fingerprint density at radius 2 is 1.27 bits per heavy atom. The Morgan fingerprint density at radius 3 is 1.68 bits per heavy atom. The van der Waals surface area contributed by atoms with Gasteiger partial charge in [0.1, 0.15) is 0 Å². The zero-order chi connectivity index (χ0) is 28.4. The quantitative estimate of drug-likeness (QED) is 0.309. The summed E-state index contributed by atoms with van der Waals surface area (Å²) in [4.78, 5) is 22.0. The first-order chi connectivity index (χ1) is 17.4. The molecule has 37 heavy (non-hydrogen) atoms. The molecule has 208 valence electrons. The van der Waals surface area contributed by atoms with Crippen LogP contribution in [0.1, 0.15) is 101 Å². The summed E-state index contributed by atoms with van der Waals surface area (Å²) in [5.74, 6) is 0.676. The monoisotopic (exact) mass is 513 g/mol.